The van der Waals surface area contributed by atoms with E-state index in [1.54, 1.807) is 6.92 Å². The fraction of sp³-hybridized carbons (Fsp3) is 0.133. The lowest BCUT2D eigenvalue weighted by atomic mass is 9.93. The minimum absolute atomic E-state index is 0.229. The number of benzene rings is 2. The lowest BCUT2D eigenvalue weighted by Gasteiger charge is -2.26. The lowest BCUT2D eigenvalue weighted by Crippen LogP contribution is -2.30. The zero-order valence-electron chi connectivity index (χ0n) is 10.3. The highest BCUT2D eigenvalue weighted by molar-refractivity contribution is 6.31. The van der Waals surface area contributed by atoms with Gasteiger partial charge in [-0.3, -0.25) is 0 Å². The molecule has 0 saturated carbocycles. The summed E-state index contributed by atoms with van der Waals surface area (Å²) >= 11 is 6.03. The molecule has 0 aliphatic rings. The zero-order valence-corrected chi connectivity index (χ0v) is 11.1. The summed E-state index contributed by atoms with van der Waals surface area (Å²) in [5.74, 6) is -0.422. The molecule has 0 spiro atoms. The summed E-state index contributed by atoms with van der Waals surface area (Å²) in [5, 5.41) is 12.8. The average Bonchev–Trinajstić information content (AvgIpc) is 2.39. The Morgan fingerprint density at radius 2 is 1.89 bits per heavy atom. The Balaban J connectivity index is 2.40. The van der Waals surface area contributed by atoms with Crippen LogP contribution in [0.3, 0.4) is 0 Å². The summed E-state index contributed by atoms with van der Waals surface area (Å²) in [6.07, 6.45) is 0. The van der Waals surface area contributed by atoms with Gasteiger partial charge in [-0.05, 0) is 31.2 Å². The molecule has 2 aromatic rings. The fourth-order valence-corrected chi connectivity index (χ4v) is 2.22. The molecule has 1 atom stereocenters. The minimum atomic E-state index is -1.02. The van der Waals surface area contributed by atoms with E-state index in [2.05, 4.69) is 11.4 Å². The van der Waals surface area contributed by atoms with Gasteiger partial charge in [0.2, 0.25) is 0 Å². The van der Waals surface area contributed by atoms with Gasteiger partial charge < -0.3 is 5.32 Å². The summed E-state index contributed by atoms with van der Waals surface area (Å²) in [4.78, 5) is 0. The Kier molecular flexibility index (Phi) is 3.73. The van der Waals surface area contributed by atoms with Crippen molar-refractivity contribution in [3.63, 3.8) is 0 Å². The number of halogens is 2. The second-order valence-electron chi connectivity index (χ2n) is 4.35. The normalized spacial score (nSPS) is 13.4. The van der Waals surface area contributed by atoms with Crippen LogP contribution in [0.4, 0.5) is 10.1 Å². The number of nitrogens with zero attached hydrogens (tertiary/aromatic N) is 1. The molecule has 0 fully saturated rings. The Morgan fingerprint density at radius 3 is 2.47 bits per heavy atom. The molecular formula is C15H12ClFN2. The number of rotatable bonds is 3. The lowest BCUT2D eigenvalue weighted by molar-refractivity contribution is 0.623. The largest absolute Gasteiger partial charge is 0.364 e. The number of nitrogens with one attached hydrogen (secondary N) is 1. The number of hydrogen-bond donors (Lipinski definition) is 1. The van der Waals surface area contributed by atoms with Crippen LogP contribution in [0.5, 0.6) is 0 Å². The summed E-state index contributed by atoms with van der Waals surface area (Å²) < 4.78 is 13.1. The molecule has 2 aromatic carbocycles. The van der Waals surface area contributed by atoms with Crippen molar-refractivity contribution in [2.24, 2.45) is 0 Å². The minimum Gasteiger partial charge on any atom is -0.364 e. The van der Waals surface area contributed by atoms with Crippen LogP contribution < -0.4 is 5.32 Å². The van der Waals surface area contributed by atoms with Crippen molar-refractivity contribution in [2.45, 2.75) is 12.5 Å². The fourth-order valence-electron chi connectivity index (χ4n) is 1.86. The first-order valence-corrected chi connectivity index (χ1v) is 6.13. The molecule has 2 nitrogen and oxygen atoms in total. The van der Waals surface area contributed by atoms with Gasteiger partial charge in [-0.15, -0.1) is 0 Å². The first-order chi connectivity index (χ1) is 9.05. The Bertz CT molecular complexity index is 622. The van der Waals surface area contributed by atoms with Crippen molar-refractivity contribution < 1.29 is 4.39 Å². The van der Waals surface area contributed by atoms with Crippen LogP contribution in [-0.2, 0) is 5.54 Å². The first kappa shape index (κ1) is 13.4. The standard InChI is InChI=1S/C15H12ClFN2/c1-15(10-18,19-12-5-3-2-4-6-12)13-8-7-11(17)9-14(13)16/h2-9,19H,1H3. The van der Waals surface area contributed by atoms with Crippen LogP contribution in [0.15, 0.2) is 48.5 Å². The molecule has 2 rings (SSSR count). The van der Waals surface area contributed by atoms with Gasteiger partial charge in [-0.25, -0.2) is 4.39 Å². The van der Waals surface area contributed by atoms with Gasteiger partial charge in [0.1, 0.15) is 11.4 Å². The van der Waals surface area contributed by atoms with Crippen molar-refractivity contribution in [3.8, 4) is 6.07 Å². The van der Waals surface area contributed by atoms with Crippen molar-refractivity contribution in [2.75, 3.05) is 5.32 Å². The Labute approximate surface area is 116 Å². The van der Waals surface area contributed by atoms with Gasteiger partial charge in [0.25, 0.3) is 0 Å². The second kappa shape index (κ2) is 5.29. The van der Waals surface area contributed by atoms with Crippen LogP contribution in [0.25, 0.3) is 0 Å². The maximum absolute atomic E-state index is 13.1. The highest BCUT2D eigenvalue weighted by Gasteiger charge is 2.28. The molecular weight excluding hydrogens is 263 g/mol. The summed E-state index contributed by atoms with van der Waals surface area (Å²) in [6.45, 7) is 1.71. The van der Waals surface area contributed by atoms with E-state index < -0.39 is 11.4 Å². The Morgan fingerprint density at radius 1 is 1.21 bits per heavy atom. The van der Waals surface area contributed by atoms with Crippen molar-refractivity contribution in [1.29, 1.82) is 5.26 Å². The van der Waals surface area contributed by atoms with Crippen LogP contribution in [0.1, 0.15) is 12.5 Å². The second-order valence-corrected chi connectivity index (χ2v) is 4.76. The van der Waals surface area contributed by atoms with E-state index in [4.69, 9.17) is 11.6 Å². The number of nitriles is 1. The highest BCUT2D eigenvalue weighted by Crippen LogP contribution is 2.31. The van der Waals surface area contributed by atoms with Crippen LogP contribution >= 0.6 is 11.6 Å². The van der Waals surface area contributed by atoms with Crippen molar-refractivity contribution in [1.82, 2.24) is 0 Å². The smallest absolute Gasteiger partial charge is 0.149 e. The molecule has 0 heterocycles. The van der Waals surface area contributed by atoms with Gasteiger partial charge in [0, 0.05) is 11.3 Å². The van der Waals surface area contributed by atoms with E-state index in [1.165, 1.54) is 18.2 Å². The molecule has 0 saturated heterocycles. The molecule has 96 valence electrons. The summed E-state index contributed by atoms with van der Waals surface area (Å²) in [5.41, 5.74) is 0.320. The van der Waals surface area contributed by atoms with Gasteiger partial charge in [-0.1, -0.05) is 35.9 Å². The number of hydrogen-bond acceptors (Lipinski definition) is 2. The highest BCUT2D eigenvalue weighted by atomic mass is 35.5. The van der Waals surface area contributed by atoms with Gasteiger partial charge in [0.15, 0.2) is 0 Å². The quantitative estimate of drug-likeness (QED) is 0.904. The maximum Gasteiger partial charge on any atom is 0.149 e. The third-order valence-corrected chi connectivity index (χ3v) is 3.17. The molecule has 0 aliphatic carbocycles. The molecule has 0 bridgehead atoms. The Hall–Kier alpha value is -2.05. The molecule has 4 heteroatoms. The first-order valence-electron chi connectivity index (χ1n) is 5.75. The molecule has 1 N–H and O–H groups in total. The topological polar surface area (TPSA) is 35.8 Å². The van der Waals surface area contributed by atoms with Gasteiger partial charge >= 0.3 is 0 Å². The van der Waals surface area contributed by atoms with Crippen LogP contribution in [0.2, 0.25) is 5.02 Å². The van der Waals surface area contributed by atoms with E-state index in [1.807, 2.05) is 30.3 Å². The van der Waals surface area contributed by atoms with E-state index >= 15 is 0 Å². The van der Waals surface area contributed by atoms with Crippen molar-refractivity contribution >= 4 is 17.3 Å². The zero-order chi connectivity index (χ0) is 13.9. The van der Waals surface area contributed by atoms with E-state index in [9.17, 15) is 9.65 Å². The predicted molar refractivity (Wildman–Crippen MR) is 74.4 cm³/mol. The average molecular weight is 275 g/mol. The van der Waals surface area contributed by atoms with Gasteiger partial charge in [-0.2, -0.15) is 5.26 Å². The summed E-state index contributed by atoms with van der Waals surface area (Å²) in [7, 11) is 0. The molecule has 0 radical (unpaired) electrons. The molecule has 19 heavy (non-hydrogen) atoms. The van der Waals surface area contributed by atoms with Crippen molar-refractivity contribution in [3.05, 3.63) is 64.9 Å². The van der Waals surface area contributed by atoms with Crippen LogP contribution in [0, 0.1) is 17.1 Å². The SMILES string of the molecule is CC(C#N)(Nc1ccccc1)c1ccc(F)cc1Cl. The number of para-hydroxylation sites is 1. The van der Waals surface area contributed by atoms with Crippen LogP contribution in [-0.4, -0.2) is 0 Å². The maximum atomic E-state index is 13.1. The molecule has 0 aromatic heterocycles. The number of anilines is 1. The molecule has 0 amide bonds. The van der Waals surface area contributed by atoms with Gasteiger partial charge in [0.05, 0.1) is 11.1 Å². The van der Waals surface area contributed by atoms with E-state index in [0.717, 1.165) is 5.69 Å². The third-order valence-electron chi connectivity index (χ3n) is 2.86. The van der Waals surface area contributed by atoms with E-state index in [0.29, 0.717) is 5.56 Å². The predicted octanol–water partition coefficient (Wildman–Crippen LogP) is 4.33. The molecule has 0 aliphatic heterocycles. The van der Waals surface area contributed by atoms with E-state index in [-0.39, 0.29) is 5.02 Å². The third kappa shape index (κ3) is 2.86. The molecule has 1 unspecified atom stereocenters. The monoisotopic (exact) mass is 274 g/mol. The summed E-state index contributed by atoms with van der Waals surface area (Å²) in [6, 6.07) is 15.5.